The molecule has 0 radical (unpaired) electrons. The first-order chi connectivity index (χ1) is 8.26. The lowest BCUT2D eigenvalue weighted by Gasteiger charge is -2.16. The van der Waals surface area contributed by atoms with Gasteiger partial charge >= 0.3 is 6.18 Å². The molecule has 0 aliphatic carbocycles. The molecule has 0 spiro atoms. The molecule has 1 nitrogen and oxygen atoms in total. The highest BCUT2D eigenvalue weighted by atomic mass is 19.4. The van der Waals surface area contributed by atoms with Crippen molar-refractivity contribution >= 4 is 0 Å². The van der Waals surface area contributed by atoms with Crippen molar-refractivity contribution in [2.75, 3.05) is 13.1 Å². The van der Waals surface area contributed by atoms with Crippen molar-refractivity contribution in [2.24, 2.45) is 0 Å². The van der Waals surface area contributed by atoms with Crippen LogP contribution in [0.1, 0.15) is 17.5 Å². The fraction of sp³-hybridized carbons (Fsp3) is 0.500. The SMILES string of the molecule is FC1(F)CCN(Cc2ccc(C(F)(F)F)cc2)C1. The fourth-order valence-electron chi connectivity index (χ4n) is 2.00. The van der Waals surface area contributed by atoms with E-state index in [4.69, 9.17) is 0 Å². The quantitative estimate of drug-likeness (QED) is 0.739. The summed E-state index contributed by atoms with van der Waals surface area (Å²) in [5, 5.41) is 0. The maximum atomic E-state index is 12.9. The molecule has 1 saturated heterocycles. The summed E-state index contributed by atoms with van der Waals surface area (Å²) in [6.45, 7) is 0.204. The predicted molar refractivity (Wildman–Crippen MR) is 56.3 cm³/mol. The molecule has 2 rings (SSSR count). The Hall–Kier alpha value is -1.17. The van der Waals surface area contributed by atoms with E-state index in [1.165, 1.54) is 12.1 Å². The highest BCUT2D eigenvalue weighted by molar-refractivity contribution is 5.24. The summed E-state index contributed by atoms with van der Waals surface area (Å²) in [6, 6.07) is 4.62. The molecule has 0 unspecified atom stereocenters. The third kappa shape index (κ3) is 3.19. The summed E-state index contributed by atoms with van der Waals surface area (Å²) >= 11 is 0. The van der Waals surface area contributed by atoms with Gasteiger partial charge < -0.3 is 0 Å². The Labute approximate surface area is 101 Å². The molecule has 1 fully saturated rings. The second-order valence-electron chi connectivity index (χ2n) is 4.51. The summed E-state index contributed by atoms with van der Waals surface area (Å²) in [5.74, 6) is -2.67. The van der Waals surface area contributed by atoms with Gasteiger partial charge in [0.1, 0.15) is 0 Å². The van der Waals surface area contributed by atoms with Gasteiger partial charge in [-0.2, -0.15) is 13.2 Å². The molecule has 100 valence electrons. The Morgan fingerprint density at radius 1 is 1.11 bits per heavy atom. The van der Waals surface area contributed by atoms with Crippen molar-refractivity contribution in [3.8, 4) is 0 Å². The number of halogens is 5. The monoisotopic (exact) mass is 265 g/mol. The van der Waals surface area contributed by atoms with Crippen LogP contribution in [-0.2, 0) is 12.7 Å². The average Bonchev–Trinajstić information content (AvgIpc) is 2.57. The van der Waals surface area contributed by atoms with Gasteiger partial charge in [0.05, 0.1) is 12.1 Å². The van der Waals surface area contributed by atoms with Crippen molar-refractivity contribution in [1.82, 2.24) is 4.90 Å². The van der Waals surface area contributed by atoms with E-state index in [0.717, 1.165) is 12.1 Å². The number of likely N-dealkylation sites (tertiary alicyclic amines) is 1. The van der Waals surface area contributed by atoms with Gasteiger partial charge in [0.2, 0.25) is 0 Å². The standard InChI is InChI=1S/C12H12F5N/c13-11(14)5-6-18(8-11)7-9-1-3-10(4-2-9)12(15,16)17/h1-4H,5-8H2. The highest BCUT2D eigenvalue weighted by Crippen LogP contribution is 2.30. The first kappa shape index (κ1) is 13.3. The minimum absolute atomic E-state index is 0.187. The van der Waals surface area contributed by atoms with Gasteiger partial charge in [0.15, 0.2) is 0 Å². The van der Waals surface area contributed by atoms with Crippen LogP contribution in [0.5, 0.6) is 0 Å². The molecule has 0 atom stereocenters. The molecule has 1 aromatic rings. The lowest BCUT2D eigenvalue weighted by Crippen LogP contribution is -2.24. The lowest BCUT2D eigenvalue weighted by atomic mass is 10.1. The molecular formula is C12H12F5N. The number of benzene rings is 1. The fourth-order valence-corrected chi connectivity index (χ4v) is 2.00. The Balaban J connectivity index is 1.99. The Kier molecular flexibility index (Phi) is 3.31. The van der Waals surface area contributed by atoms with Gasteiger partial charge in [0.25, 0.3) is 5.92 Å². The van der Waals surface area contributed by atoms with Gasteiger partial charge in [-0.3, -0.25) is 4.90 Å². The van der Waals surface area contributed by atoms with Crippen LogP contribution < -0.4 is 0 Å². The van der Waals surface area contributed by atoms with Crippen molar-refractivity contribution < 1.29 is 22.0 Å². The molecule has 0 bridgehead atoms. The zero-order valence-corrected chi connectivity index (χ0v) is 9.47. The van der Waals surface area contributed by atoms with E-state index in [9.17, 15) is 22.0 Å². The molecule has 0 N–H and O–H groups in total. The molecule has 0 aromatic heterocycles. The van der Waals surface area contributed by atoms with Gasteiger partial charge in [0, 0.05) is 19.5 Å². The normalized spacial score (nSPS) is 20.3. The lowest BCUT2D eigenvalue weighted by molar-refractivity contribution is -0.137. The van der Waals surface area contributed by atoms with Crippen LogP contribution in [0.2, 0.25) is 0 Å². The first-order valence-corrected chi connectivity index (χ1v) is 5.53. The molecule has 1 aliphatic rings. The van der Waals surface area contributed by atoms with Crippen LogP contribution >= 0.6 is 0 Å². The Morgan fingerprint density at radius 2 is 1.72 bits per heavy atom. The molecule has 18 heavy (non-hydrogen) atoms. The van der Waals surface area contributed by atoms with Crippen molar-refractivity contribution in [1.29, 1.82) is 0 Å². The van der Waals surface area contributed by atoms with E-state index < -0.39 is 17.7 Å². The van der Waals surface area contributed by atoms with Crippen LogP contribution in [0.4, 0.5) is 22.0 Å². The molecule has 0 saturated carbocycles. The zero-order valence-electron chi connectivity index (χ0n) is 9.47. The molecule has 1 heterocycles. The Morgan fingerprint density at radius 3 is 2.17 bits per heavy atom. The number of nitrogens with zero attached hydrogens (tertiary/aromatic N) is 1. The molecule has 1 aromatic carbocycles. The van der Waals surface area contributed by atoms with E-state index >= 15 is 0 Å². The van der Waals surface area contributed by atoms with Crippen LogP contribution in [0.25, 0.3) is 0 Å². The van der Waals surface area contributed by atoms with Crippen molar-refractivity contribution in [2.45, 2.75) is 25.1 Å². The number of hydrogen-bond acceptors (Lipinski definition) is 1. The minimum atomic E-state index is -4.36. The Bertz CT molecular complexity index is 409. The maximum absolute atomic E-state index is 12.9. The average molecular weight is 265 g/mol. The van der Waals surface area contributed by atoms with E-state index in [1.54, 1.807) is 4.90 Å². The predicted octanol–water partition coefficient (Wildman–Crippen LogP) is 3.55. The smallest absolute Gasteiger partial charge is 0.293 e. The number of rotatable bonds is 2. The van der Waals surface area contributed by atoms with Crippen LogP contribution in [0, 0.1) is 0 Å². The highest BCUT2D eigenvalue weighted by Gasteiger charge is 2.38. The topological polar surface area (TPSA) is 3.24 Å². The van der Waals surface area contributed by atoms with E-state index in [2.05, 4.69) is 0 Å². The molecular weight excluding hydrogens is 253 g/mol. The van der Waals surface area contributed by atoms with Crippen LogP contribution in [0.15, 0.2) is 24.3 Å². The van der Waals surface area contributed by atoms with Crippen molar-refractivity contribution in [3.05, 3.63) is 35.4 Å². The first-order valence-electron chi connectivity index (χ1n) is 5.53. The van der Waals surface area contributed by atoms with Crippen LogP contribution in [0.3, 0.4) is 0 Å². The van der Waals surface area contributed by atoms with Gasteiger partial charge in [-0.15, -0.1) is 0 Å². The summed E-state index contributed by atoms with van der Waals surface area (Å²) in [7, 11) is 0. The second kappa shape index (κ2) is 4.50. The van der Waals surface area contributed by atoms with Gasteiger partial charge in [-0.05, 0) is 17.7 Å². The summed E-state index contributed by atoms with van der Waals surface area (Å²) < 4.78 is 62.8. The molecule has 6 heteroatoms. The maximum Gasteiger partial charge on any atom is 0.416 e. The van der Waals surface area contributed by atoms with E-state index in [-0.39, 0.29) is 26.1 Å². The van der Waals surface area contributed by atoms with Gasteiger partial charge in [-0.1, -0.05) is 12.1 Å². The number of alkyl halides is 5. The summed E-state index contributed by atoms with van der Waals surface area (Å²) in [5.41, 5.74) is -0.112. The number of hydrogen-bond donors (Lipinski definition) is 0. The molecule has 1 aliphatic heterocycles. The second-order valence-corrected chi connectivity index (χ2v) is 4.51. The zero-order chi connectivity index (χ0) is 13.4. The van der Waals surface area contributed by atoms with E-state index in [0.29, 0.717) is 5.56 Å². The largest absolute Gasteiger partial charge is 0.416 e. The third-order valence-corrected chi connectivity index (χ3v) is 2.94. The summed E-state index contributed by atoms with van der Waals surface area (Å²) in [4.78, 5) is 1.54. The van der Waals surface area contributed by atoms with E-state index in [1.807, 2.05) is 0 Å². The molecule has 0 amide bonds. The van der Waals surface area contributed by atoms with Gasteiger partial charge in [-0.25, -0.2) is 8.78 Å². The van der Waals surface area contributed by atoms with Crippen molar-refractivity contribution in [3.63, 3.8) is 0 Å². The third-order valence-electron chi connectivity index (χ3n) is 2.94. The summed E-state index contributed by atoms with van der Waals surface area (Å²) in [6.07, 6.45) is -4.55. The minimum Gasteiger partial charge on any atom is -0.293 e. The van der Waals surface area contributed by atoms with Crippen LogP contribution in [-0.4, -0.2) is 23.9 Å².